The molecule has 7 nitrogen and oxygen atoms in total. The number of carbonyl (C=O) groups is 2. The molecule has 0 aromatic rings. The molecule has 0 radical (unpaired) electrons. The Morgan fingerprint density at radius 1 is 1.44 bits per heavy atom. The molecule has 0 aliphatic rings. The molecule has 0 aliphatic heterocycles. The monoisotopic (exact) mass is 247 g/mol. The van der Waals surface area contributed by atoms with E-state index in [1.54, 1.807) is 6.07 Å². The molecule has 0 aromatic heterocycles. The van der Waals surface area contributed by atoms with Crippen LogP contribution in [0.25, 0.3) is 0 Å². The van der Waals surface area contributed by atoms with Crippen LogP contribution in [-0.4, -0.2) is 57.3 Å². The third kappa shape index (κ3) is 5.98. The summed E-state index contributed by atoms with van der Waals surface area (Å²) in [6.07, 6.45) is 1.04. The zero-order chi connectivity index (χ0) is 12.8. The first-order valence-corrected chi connectivity index (χ1v) is 6.42. The van der Waals surface area contributed by atoms with Gasteiger partial charge in [-0.1, -0.05) is 0 Å². The minimum absolute atomic E-state index is 0.0579. The minimum atomic E-state index is -3.17. The third-order valence-electron chi connectivity index (χ3n) is 1.67. The summed E-state index contributed by atoms with van der Waals surface area (Å²) >= 11 is 0. The van der Waals surface area contributed by atoms with Gasteiger partial charge in [-0.3, -0.25) is 9.59 Å². The van der Waals surface area contributed by atoms with Crippen molar-refractivity contribution in [1.82, 2.24) is 10.2 Å². The highest BCUT2D eigenvalue weighted by molar-refractivity contribution is 7.90. The number of amides is 2. The summed E-state index contributed by atoms with van der Waals surface area (Å²) in [5.41, 5.74) is 0. The molecule has 0 rings (SSSR count). The van der Waals surface area contributed by atoms with E-state index in [0.717, 1.165) is 11.2 Å². The lowest BCUT2D eigenvalue weighted by atomic mass is 10.4. The van der Waals surface area contributed by atoms with E-state index in [4.69, 9.17) is 5.26 Å². The molecule has 0 bridgehead atoms. The Bertz CT molecular complexity index is 409. The van der Waals surface area contributed by atoms with Crippen LogP contribution in [0, 0.1) is 11.3 Å². The first-order valence-electron chi connectivity index (χ1n) is 4.36. The first-order chi connectivity index (χ1) is 7.28. The lowest BCUT2D eigenvalue weighted by molar-refractivity contribution is -0.144. The molecule has 8 heteroatoms. The molecule has 0 aromatic carbocycles. The van der Waals surface area contributed by atoms with Crippen molar-refractivity contribution >= 4 is 21.7 Å². The van der Waals surface area contributed by atoms with E-state index in [-0.39, 0.29) is 18.8 Å². The lowest BCUT2D eigenvalue weighted by Gasteiger charge is -2.15. The summed E-state index contributed by atoms with van der Waals surface area (Å²) in [4.78, 5) is 23.3. The maximum atomic E-state index is 11.3. The molecule has 2 amide bonds. The fourth-order valence-corrected chi connectivity index (χ4v) is 1.38. The molecular formula is C8H13N3O4S. The van der Waals surface area contributed by atoms with Crippen molar-refractivity contribution in [2.24, 2.45) is 0 Å². The number of hydrogen-bond acceptors (Lipinski definition) is 5. The lowest BCUT2D eigenvalue weighted by Crippen LogP contribution is -2.42. The molecule has 0 saturated heterocycles. The number of nitrogens with one attached hydrogen (secondary N) is 1. The van der Waals surface area contributed by atoms with Crippen LogP contribution in [0.3, 0.4) is 0 Å². The highest BCUT2D eigenvalue weighted by Crippen LogP contribution is 1.89. The van der Waals surface area contributed by atoms with Crippen molar-refractivity contribution in [2.75, 3.05) is 32.1 Å². The van der Waals surface area contributed by atoms with Gasteiger partial charge in [0.05, 0.1) is 11.8 Å². The van der Waals surface area contributed by atoms with Crippen LogP contribution in [-0.2, 0) is 19.4 Å². The second-order valence-corrected chi connectivity index (χ2v) is 5.46. The Morgan fingerprint density at radius 3 is 2.44 bits per heavy atom. The Labute approximate surface area is 93.9 Å². The Hall–Kier alpha value is -1.62. The van der Waals surface area contributed by atoms with Gasteiger partial charge in [0, 0.05) is 19.8 Å². The molecule has 1 N–H and O–H groups in total. The summed E-state index contributed by atoms with van der Waals surface area (Å²) in [6.45, 7) is -0.317. The van der Waals surface area contributed by atoms with Crippen molar-refractivity contribution in [3.05, 3.63) is 0 Å². The summed E-state index contributed by atoms with van der Waals surface area (Å²) in [5.74, 6) is -1.99. The number of likely N-dealkylation sites (N-methyl/N-ethyl adjacent to an activating group) is 1. The first kappa shape index (κ1) is 14.4. The third-order valence-corrected chi connectivity index (χ3v) is 2.59. The van der Waals surface area contributed by atoms with Crippen LogP contribution in [0.4, 0.5) is 0 Å². The molecule has 16 heavy (non-hydrogen) atoms. The zero-order valence-corrected chi connectivity index (χ0v) is 9.87. The van der Waals surface area contributed by atoms with E-state index in [9.17, 15) is 18.0 Å². The van der Waals surface area contributed by atoms with Gasteiger partial charge in [0.1, 0.15) is 16.4 Å². The Balaban J connectivity index is 4.19. The maximum Gasteiger partial charge on any atom is 0.311 e. The van der Waals surface area contributed by atoms with E-state index < -0.39 is 21.7 Å². The predicted molar refractivity (Wildman–Crippen MR) is 56.0 cm³/mol. The quantitative estimate of drug-likeness (QED) is 0.462. The second-order valence-electron chi connectivity index (χ2n) is 3.20. The van der Waals surface area contributed by atoms with E-state index >= 15 is 0 Å². The van der Waals surface area contributed by atoms with Gasteiger partial charge in [0.15, 0.2) is 0 Å². The van der Waals surface area contributed by atoms with Crippen molar-refractivity contribution in [2.45, 2.75) is 0 Å². The highest BCUT2D eigenvalue weighted by Gasteiger charge is 2.18. The van der Waals surface area contributed by atoms with Gasteiger partial charge >= 0.3 is 11.8 Å². The van der Waals surface area contributed by atoms with E-state index in [0.29, 0.717) is 0 Å². The van der Waals surface area contributed by atoms with E-state index in [1.807, 2.05) is 0 Å². The number of rotatable bonds is 4. The van der Waals surface area contributed by atoms with Crippen molar-refractivity contribution in [3.8, 4) is 6.07 Å². The Kier molecular flexibility index (Phi) is 5.46. The van der Waals surface area contributed by atoms with Crippen LogP contribution in [0.5, 0.6) is 0 Å². The standard InChI is InChI=1S/C8H13N3O4S/c1-11(5-6-16(2,14)15)8(13)7(12)10-4-3-9/h4-6H2,1-2H3,(H,10,12). The average Bonchev–Trinajstić information content (AvgIpc) is 2.20. The maximum absolute atomic E-state index is 11.3. The summed E-state index contributed by atoms with van der Waals surface area (Å²) in [7, 11) is -1.85. The van der Waals surface area contributed by atoms with Crippen LogP contribution in [0.2, 0.25) is 0 Å². The molecule has 0 saturated carbocycles. The average molecular weight is 247 g/mol. The number of sulfone groups is 1. The summed E-state index contributed by atoms with van der Waals surface area (Å²) in [6, 6.07) is 1.65. The minimum Gasteiger partial charge on any atom is -0.336 e. The number of carbonyl (C=O) groups excluding carboxylic acids is 2. The molecule has 90 valence electrons. The normalized spacial score (nSPS) is 10.3. The van der Waals surface area contributed by atoms with Crippen LogP contribution in [0.15, 0.2) is 0 Å². The fourth-order valence-electron chi connectivity index (χ4n) is 0.773. The van der Waals surface area contributed by atoms with Crippen LogP contribution >= 0.6 is 0 Å². The molecule has 0 heterocycles. The second kappa shape index (κ2) is 6.07. The smallest absolute Gasteiger partial charge is 0.311 e. The van der Waals surface area contributed by atoms with Gasteiger partial charge in [-0.2, -0.15) is 5.26 Å². The fraction of sp³-hybridized carbons (Fsp3) is 0.625. The molecule has 0 aliphatic carbocycles. The molecular weight excluding hydrogens is 234 g/mol. The molecule has 0 fully saturated rings. The highest BCUT2D eigenvalue weighted by atomic mass is 32.2. The molecule has 0 spiro atoms. The van der Waals surface area contributed by atoms with Gasteiger partial charge in [0.25, 0.3) is 0 Å². The molecule has 0 unspecified atom stereocenters. The summed E-state index contributed by atoms with van der Waals surface area (Å²) in [5, 5.41) is 10.2. The number of hydrogen-bond donors (Lipinski definition) is 1. The molecule has 0 atom stereocenters. The van der Waals surface area contributed by atoms with Crippen molar-refractivity contribution in [3.63, 3.8) is 0 Å². The van der Waals surface area contributed by atoms with Crippen molar-refractivity contribution in [1.29, 1.82) is 5.26 Å². The van der Waals surface area contributed by atoms with Gasteiger partial charge < -0.3 is 10.2 Å². The zero-order valence-electron chi connectivity index (χ0n) is 9.06. The van der Waals surface area contributed by atoms with Gasteiger partial charge in [-0.15, -0.1) is 0 Å². The van der Waals surface area contributed by atoms with Crippen LogP contribution in [0.1, 0.15) is 0 Å². The summed E-state index contributed by atoms with van der Waals surface area (Å²) < 4.78 is 21.6. The van der Waals surface area contributed by atoms with E-state index in [1.165, 1.54) is 7.05 Å². The van der Waals surface area contributed by atoms with Gasteiger partial charge in [-0.05, 0) is 0 Å². The van der Waals surface area contributed by atoms with Crippen LogP contribution < -0.4 is 5.32 Å². The largest absolute Gasteiger partial charge is 0.336 e. The van der Waals surface area contributed by atoms with E-state index in [2.05, 4.69) is 5.32 Å². The Morgan fingerprint density at radius 2 is 2.00 bits per heavy atom. The van der Waals surface area contributed by atoms with Crippen molar-refractivity contribution < 1.29 is 18.0 Å². The number of nitriles is 1. The topological polar surface area (TPSA) is 107 Å². The SMILES string of the molecule is CN(CCS(C)(=O)=O)C(=O)C(=O)NCC#N. The van der Waals surface area contributed by atoms with Gasteiger partial charge in [0.2, 0.25) is 0 Å². The predicted octanol–water partition coefficient (Wildman–Crippen LogP) is -1.87. The number of nitrogens with zero attached hydrogens (tertiary/aromatic N) is 2. The van der Waals surface area contributed by atoms with Gasteiger partial charge in [-0.25, -0.2) is 8.42 Å².